The Bertz CT molecular complexity index is 588. The summed E-state index contributed by atoms with van der Waals surface area (Å²) in [6, 6.07) is 14.9. The fourth-order valence-corrected chi connectivity index (χ4v) is 2.01. The summed E-state index contributed by atoms with van der Waals surface area (Å²) in [6.07, 6.45) is 1.32. The van der Waals surface area contributed by atoms with Gasteiger partial charge >= 0.3 is 0 Å². The van der Waals surface area contributed by atoms with E-state index in [4.69, 9.17) is 9.47 Å². The van der Waals surface area contributed by atoms with Gasteiger partial charge in [0, 0.05) is 12.0 Å². The van der Waals surface area contributed by atoms with Crippen molar-refractivity contribution in [2.24, 2.45) is 0 Å². The first-order chi connectivity index (χ1) is 10.2. The van der Waals surface area contributed by atoms with Crippen LogP contribution >= 0.6 is 0 Å². The number of carbonyl (C=O) groups excluding carboxylic acids is 1. The highest BCUT2D eigenvalue weighted by Crippen LogP contribution is 2.17. The number of Topliss-reactive ketones (excluding diaryl/α,β-unsaturated/α-hetero) is 1. The molecule has 0 spiro atoms. The van der Waals surface area contributed by atoms with Crippen molar-refractivity contribution in [3.05, 3.63) is 59.7 Å². The van der Waals surface area contributed by atoms with Crippen molar-refractivity contribution in [2.45, 2.75) is 19.8 Å². The van der Waals surface area contributed by atoms with Crippen LogP contribution in [0, 0.1) is 0 Å². The lowest BCUT2D eigenvalue weighted by atomic mass is 10.0. The predicted molar refractivity (Wildman–Crippen MR) is 83.3 cm³/mol. The molecule has 0 amide bonds. The molecule has 0 aliphatic rings. The van der Waals surface area contributed by atoms with E-state index in [2.05, 4.69) is 6.92 Å². The van der Waals surface area contributed by atoms with Crippen LogP contribution in [0.25, 0.3) is 0 Å². The Morgan fingerprint density at radius 2 is 1.81 bits per heavy atom. The standard InChI is InChI=1S/C18H20O3/c1-3-11-21-17-6-4-5-15(13-17)18(19)12-14-7-9-16(20-2)10-8-14/h4-10,13H,3,11-12H2,1-2H3. The molecule has 0 saturated carbocycles. The van der Waals surface area contributed by atoms with Gasteiger partial charge in [-0.2, -0.15) is 0 Å². The van der Waals surface area contributed by atoms with E-state index >= 15 is 0 Å². The van der Waals surface area contributed by atoms with Crippen LogP contribution in [0.15, 0.2) is 48.5 Å². The molecule has 0 fully saturated rings. The minimum atomic E-state index is 0.0853. The summed E-state index contributed by atoms with van der Waals surface area (Å²) in [7, 11) is 1.63. The van der Waals surface area contributed by atoms with E-state index in [1.54, 1.807) is 7.11 Å². The number of hydrogen-bond acceptors (Lipinski definition) is 3. The molecule has 21 heavy (non-hydrogen) atoms. The van der Waals surface area contributed by atoms with Gasteiger partial charge in [0.25, 0.3) is 0 Å². The van der Waals surface area contributed by atoms with Crippen molar-refractivity contribution in [3.63, 3.8) is 0 Å². The van der Waals surface area contributed by atoms with Gasteiger partial charge in [0.15, 0.2) is 5.78 Å². The van der Waals surface area contributed by atoms with Gasteiger partial charge < -0.3 is 9.47 Å². The van der Waals surface area contributed by atoms with Gasteiger partial charge in [-0.1, -0.05) is 31.2 Å². The van der Waals surface area contributed by atoms with Gasteiger partial charge in [0.05, 0.1) is 13.7 Å². The molecule has 3 heteroatoms. The van der Waals surface area contributed by atoms with E-state index in [0.717, 1.165) is 23.5 Å². The zero-order chi connectivity index (χ0) is 15.1. The van der Waals surface area contributed by atoms with Gasteiger partial charge in [-0.25, -0.2) is 0 Å². The number of methoxy groups -OCH3 is 1. The second-order valence-electron chi connectivity index (χ2n) is 4.82. The molecule has 0 radical (unpaired) electrons. The van der Waals surface area contributed by atoms with Crippen molar-refractivity contribution in [3.8, 4) is 11.5 Å². The van der Waals surface area contributed by atoms with E-state index in [0.29, 0.717) is 18.6 Å². The smallest absolute Gasteiger partial charge is 0.167 e. The van der Waals surface area contributed by atoms with Gasteiger partial charge in [0.1, 0.15) is 11.5 Å². The van der Waals surface area contributed by atoms with Crippen molar-refractivity contribution >= 4 is 5.78 Å². The predicted octanol–water partition coefficient (Wildman–Crippen LogP) is 3.91. The molecule has 0 N–H and O–H groups in total. The van der Waals surface area contributed by atoms with E-state index in [9.17, 15) is 4.79 Å². The molecule has 0 saturated heterocycles. The zero-order valence-electron chi connectivity index (χ0n) is 12.5. The molecule has 0 aromatic heterocycles. The van der Waals surface area contributed by atoms with Crippen LogP contribution in [-0.2, 0) is 6.42 Å². The lowest BCUT2D eigenvalue weighted by Crippen LogP contribution is -2.04. The molecule has 0 bridgehead atoms. The molecule has 2 aromatic carbocycles. The maximum absolute atomic E-state index is 12.3. The second-order valence-corrected chi connectivity index (χ2v) is 4.82. The van der Waals surface area contributed by atoms with Crippen molar-refractivity contribution in [1.29, 1.82) is 0 Å². The van der Waals surface area contributed by atoms with Crippen LogP contribution in [0.3, 0.4) is 0 Å². The largest absolute Gasteiger partial charge is 0.497 e. The highest BCUT2D eigenvalue weighted by molar-refractivity contribution is 5.97. The lowest BCUT2D eigenvalue weighted by Gasteiger charge is -2.07. The number of rotatable bonds is 7. The number of hydrogen-bond donors (Lipinski definition) is 0. The average Bonchev–Trinajstić information content (AvgIpc) is 2.54. The van der Waals surface area contributed by atoms with E-state index in [-0.39, 0.29) is 5.78 Å². The summed E-state index contributed by atoms with van der Waals surface area (Å²) in [5, 5.41) is 0. The van der Waals surface area contributed by atoms with E-state index < -0.39 is 0 Å². The Kier molecular flexibility index (Phi) is 5.38. The van der Waals surface area contributed by atoms with Gasteiger partial charge in [-0.05, 0) is 36.2 Å². The monoisotopic (exact) mass is 284 g/mol. The van der Waals surface area contributed by atoms with Crippen LogP contribution in [-0.4, -0.2) is 19.5 Å². The molecular formula is C18H20O3. The topological polar surface area (TPSA) is 35.5 Å². The SMILES string of the molecule is CCCOc1cccc(C(=O)Cc2ccc(OC)cc2)c1. The van der Waals surface area contributed by atoms with Crippen LogP contribution in [0.2, 0.25) is 0 Å². The van der Waals surface area contributed by atoms with E-state index in [1.165, 1.54) is 0 Å². The van der Waals surface area contributed by atoms with Crippen molar-refractivity contribution in [1.82, 2.24) is 0 Å². The molecule has 0 heterocycles. The first kappa shape index (κ1) is 15.1. The zero-order valence-corrected chi connectivity index (χ0v) is 12.5. The molecule has 2 aromatic rings. The van der Waals surface area contributed by atoms with Crippen LogP contribution in [0.1, 0.15) is 29.3 Å². The quantitative estimate of drug-likeness (QED) is 0.723. The summed E-state index contributed by atoms with van der Waals surface area (Å²) in [5.41, 5.74) is 1.65. The Morgan fingerprint density at radius 1 is 1.05 bits per heavy atom. The third-order valence-corrected chi connectivity index (χ3v) is 3.15. The summed E-state index contributed by atoms with van der Waals surface area (Å²) < 4.78 is 10.7. The molecule has 0 aliphatic heterocycles. The lowest BCUT2D eigenvalue weighted by molar-refractivity contribution is 0.0992. The van der Waals surface area contributed by atoms with Gasteiger partial charge in [-0.15, -0.1) is 0 Å². The van der Waals surface area contributed by atoms with Crippen molar-refractivity contribution in [2.75, 3.05) is 13.7 Å². The average molecular weight is 284 g/mol. The number of ether oxygens (including phenoxy) is 2. The van der Waals surface area contributed by atoms with Crippen LogP contribution < -0.4 is 9.47 Å². The molecule has 0 atom stereocenters. The third-order valence-electron chi connectivity index (χ3n) is 3.15. The van der Waals surface area contributed by atoms with Crippen molar-refractivity contribution < 1.29 is 14.3 Å². The maximum atomic E-state index is 12.3. The Hall–Kier alpha value is -2.29. The van der Waals surface area contributed by atoms with Gasteiger partial charge in [0.2, 0.25) is 0 Å². The minimum absolute atomic E-state index is 0.0853. The highest BCUT2D eigenvalue weighted by atomic mass is 16.5. The minimum Gasteiger partial charge on any atom is -0.497 e. The van der Waals surface area contributed by atoms with Gasteiger partial charge in [-0.3, -0.25) is 4.79 Å². The normalized spacial score (nSPS) is 10.2. The summed E-state index contributed by atoms with van der Waals surface area (Å²) in [4.78, 5) is 12.3. The fraction of sp³-hybridized carbons (Fsp3) is 0.278. The third kappa shape index (κ3) is 4.35. The first-order valence-corrected chi connectivity index (χ1v) is 7.12. The molecule has 0 aliphatic carbocycles. The summed E-state index contributed by atoms with van der Waals surface area (Å²) in [5.74, 6) is 1.63. The number of ketones is 1. The Labute approximate surface area is 125 Å². The second kappa shape index (κ2) is 7.48. The summed E-state index contributed by atoms with van der Waals surface area (Å²) >= 11 is 0. The molecule has 3 nitrogen and oxygen atoms in total. The molecule has 2 rings (SSSR count). The number of benzene rings is 2. The van der Waals surface area contributed by atoms with Crippen LogP contribution in [0.5, 0.6) is 11.5 Å². The number of carbonyl (C=O) groups is 1. The maximum Gasteiger partial charge on any atom is 0.167 e. The fourth-order valence-electron chi connectivity index (χ4n) is 2.01. The molecular weight excluding hydrogens is 264 g/mol. The highest BCUT2D eigenvalue weighted by Gasteiger charge is 2.08. The molecule has 110 valence electrons. The Balaban J connectivity index is 2.05. The van der Waals surface area contributed by atoms with E-state index in [1.807, 2.05) is 48.5 Å². The first-order valence-electron chi connectivity index (χ1n) is 7.12. The molecule has 0 unspecified atom stereocenters. The van der Waals surface area contributed by atoms with Crippen LogP contribution in [0.4, 0.5) is 0 Å². The Morgan fingerprint density at radius 3 is 2.48 bits per heavy atom. The summed E-state index contributed by atoms with van der Waals surface area (Å²) in [6.45, 7) is 2.72.